The maximum atomic E-state index is 13.4. The van der Waals surface area contributed by atoms with E-state index in [2.05, 4.69) is 20.0 Å². The lowest BCUT2D eigenvalue weighted by molar-refractivity contribution is 0.0932. The highest BCUT2D eigenvalue weighted by molar-refractivity contribution is 5.94. The van der Waals surface area contributed by atoms with Crippen LogP contribution < -0.4 is 5.32 Å². The standard InChI is InChI=1S/C11H8F3N3O2/c1-5(10-15-4-19-17-10)16-11(18)6-2-3-7(12)9(14)8(6)13/h2-5H,1H3,(H,16,18)/t5-/m0/s1. The Balaban J connectivity index is 2.19. The molecular weight excluding hydrogens is 263 g/mol. The van der Waals surface area contributed by atoms with Crippen molar-refractivity contribution in [2.75, 3.05) is 0 Å². The Labute approximate surface area is 105 Å². The van der Waals surface area contributed by atoms with E-state index < -0.39 is 35.0 Å². The van der Waals surface area contributed by atoms with Crippen molar-refractivity contribution in [1.82, 2.24) is 15.5 Å². The SMILES string of the molecule is C[C@H](NC(=O)c1ccc(F)c(F)c1F)c1ncon1. The van der Waals surface area contributed by atoms with Gasteiger partial charge < -0.3 is 9.84 Å². The summed E-state index contributed by atoms with van der Waals surface area (Å²) in [6.07, 6.45) is 1.07. The fraction of sp³-hybridized carbons (Fsp3) is 0.182. The van der Waals surface area contributed by atoms with Gasteiger partial charge in [-0.05, 0) is 19.1 Å². The molecule has 100 valence electrons. The van der Waals surface area contributed by atoms with Crippen LogP contribution in [0.25, 0.3) is 0 Å². The number of nitrogens with one attached hydrogen (secondary N) is 1. The Morgan fingerprint density at radius 1 is 1.32 bits per heavy atom. The van der Waals surface area contributed by atoms with Crippen molar-refractivity contribution in [3.05, 3.63) is 47.4 Å². The highest BCUT2D eigenvalue weighted by Crippen LogP contribution is 2.16. The van der Waals surface area contributed by atoms with Gasteiger partial charge in [0.15, 0.2) is 23.3 Å². The molecule has 0 saturated carbocycles. The van der Waals surface area contributed by atoms with Crippen LogP contribution in [-0.4, -0.2) is 16.0 Å². The minimum absolute atomic E-state index is 0.177. The number of nitrogens with zero attached hydrogens (tertiary/aromatic N) is 2. The van der Waals surface area contributed by atoms with Crippen LogP contribution in [0.1, 0.15) is 29.1 Å². The van der Waals surface area contributed by atoms with Crippen LogP contribution in [0.2, 0.25) is 0 Å². The number of hydrogen-bond donors (Lipinski definition) is 1. The fourth-order valence-corrected chi connectivity index (χ4v) is 1.41. The molecule has 2 rings (SSSR count). The molecule has 19 heavy (non-hydrogen) atoms. The molecule has 0 aliphatic carbocycles. The van der Waals surface area contributed by atoms with Crippen molar-refractivity contribution in [2.45, 2.75) is 13.0 Å². The van der Waals surface area contributed by atoms with Crippen molar-refractivity contribution < 1.29 is 22.5 Å². The monoisotopic (exact) mass is 271 g/mol. The third-order valence-electron chi connectivity index (χ3n) is 2.39. The van der Waals surface area contributed by atoms with Crippen LogP contribution in [0.5, 0.6) is 0 Å². The Morgan fingerprint density at radius 2 is 2.05 bits per heavy atom. The molecule has 1 amide bonds. The van der Waals surface area contributed by atoms with Crippen LogP contribution in [0, 0.1) is 17.5 Å². The molecule has 0 saturated heterocycles. The highest BCUT2D eigenvalue weighted by Gasteiger charge is 2.21. The maximum absolute atomic E-state index is 13.4. The molecule has 1 N–H and O–H groups in total. The molecule has 1 atom stereocenters. The quantitative estimate of drug-likeness (QED) is 0.867. The van der Waals surface area contributed by atoms with Gasteiger partial charge in [0.25, 0.3) is 5.91 Å². The second-order valence-electron chi connectivity index (χ2n) is 3.71. The number of aromatic nitrogens is 2. The molecule has 0 aliphatic rings. The third-order valence-corrected chi connectivity index (χ3v) is 2.39. The van der Waals surface area contributed by atoms with Crippen molar-refractivity contribution in [3.63, 3.8) is 0 Å². The molecule has 1 aromatic carbocycles. The van der Waals surface area contributed by atoms with Crippen molar-refractivity contribution in [3.8, 4) is 0 Å². The normalized spacial score (nSPS) is 12.2. The first-order chi connectivity index (χ1) is 9.00. The summed E-state index contributed by atoms with van der Waals surface area (Å²) in [4.78, 5) is 15.4. The maximum Gasteiger partial charge on any atom is 0.254 e. The van der Waals surface area contributed by atoms with Crippen molar-refractivity contribution >= 4 is 5.91 Å². The van der Waals surface area contributed by atoms with Crippen molar-refractivity contribution in [2.24, 2.45) is 0 Å². The molecule has 0 aliphatic heterocycles. The van der Waals surface area contributed by atoms with E-state index in [0.717, 1.165) is 12.5 Å². The molecule has 0 unspecified atom stereocenters. The predicted molar refractivity (Wildman–Crippen MR) is 56.5 cm³/mol. The Bertz CT molecular complexity index is 601. The zero-order chi connectivity index (χ0) is 14.0. The van der Waals surface area contributed by atoms with Gasteiger partial charge in [-0.15, -0.1) is 0 Å². The zero-order valence-corrected chi connectivity index (χ0v) is 9.65. The lowest BCUT2D eigenvalue weighted by Gasteiger charge is -2.10. The van der Waals surface area contributed by atoms with Gasteiger partial charge in [0.05, 0.1) is 11.6 Å². The van der Waals surface area contributed by atoms with Crippen molar-refractivity contribution in [1.29, 1.82) is 0 Å². The highest BCUT2D eigenvalue weighted by atomic mass is 19.2. The molecule has 0 spiro atoms. The van der Waals surface area contributed by atoms with Crippen LogP contribution >= 0.6 is 0 Å². The topological polar surface area (TPSA) is 68.0 Å². The van der Waals surface area contributed by atoms with E-state index in [0.29, 0.717) is 6.07 Å². The molecule has 0 fully saturated rings. The number of carbonyl (C=O) groups is 1. The molecule has 1 aromatic heterocycles. The Morgan fingerprint density at radius 3 is 2.68 bits per heavy atom. The summed E-state index contributed by atoms with van der Waals surface area (Å²) in [5.41, 5.74) is -0.603. The molecule has 0 bridgehead atoms. The summed E-state index contributed by atoms with van der Waals surface area (Å²) in [6.45, 7) is 1.53. The van der Waals surface area contributed by atoms with Crippen LogP contribution in [0.3, 0.4) is 0 Å². The molecule has 0 radical (unpaired) electrons. The van der Waals surface area contributed by atoms with Gasteiger partial charge in [-0.1, -0.05) is 5.16 Å². The van der Waals surface area contributed by atoms with E-state index >= 15 is 0 Å². The second kappa shape index (κ2) is 5.09. The average molecular weight is 271 g/mol. The number of amides is 1. The summed E-state index contributed by atoms with van der Waals surface area (Å²) in [7, 11) is 0. The predicted octanol–water partition coefficient (Wildman–Crippen LogP) is 1.98. The summed E-state index contributed by atoms with van der Waals surface area (Å²) < 4.78 is 43.6. The van der Waals surface area contributed by atoms with Gasteiger partial charge in [0.1, 0.15) is 0 Å². The molecule has 2 aromatic rings. The second-order valence-corrected chi connectivity index (χ2v) is 3.71. The number of benzene rings is 1. The summed E-state index contributed by atoms with van der Waals surface area (Å²) in [6, 6.07) is 0.858. The average Bonchev–Trinajstić information content (AvgIpc) is 2.89. The fourth-order valence-electron chi connectivity index (χ4n) is 1.41. The van der Waals surface area contributed by atoms with E-state index in [9.17, 15) is 18.0 Å². The number of carbonyl (C=O) groups excluding carboxylic acids is 1. The van der Waals surface area contributed by atoms with E-state index in [-0.39, 0.29) is 5.82 Å². The van der Waals surface area contributed by atoms with Gasteiger partial charge in [0, 0.05) is 0 Å². The van der Waals surface area contributed by atoms with E-state index in [1.807, 2.05) is 0 Å². The van der Waals surface area contributed by atoms with Gasteiger partial charge in [0.2, 0.25) is 6.39 Å². The molecule has 1 heterocycles. The van der Waals surface area contributed by atoms with Gasteiger partial charge >= 0.3 is 0 Å². The Hall–Kier alpha value is -2.38. The molecule has 8 heteroatoms. The van der Waals surface area contributed by atoms with Crippen LogP contribution in [0.4, 0.5) is 13.2 Å². The smallest absolute Gasteiger partial charge is 0.254 e. The van der Waals surface area contributed by atoms with Crippen LogP contribution in [0.15, 0.2) is 23.0 Å². The minimum atomic E-state index is -1.69. The van der Waals surface area contributed by atoms with E-state index in [1.54, 1.807) is 0 Å². The first kappa shape index (κ1) is 13.1. The summed E-state index contributed by atoms with van der Waals surface area (Å²) in [5, 5.41) is 5.82. The molecular formula is C11H8F3N3O2. The number of hydrogen-bond acceptors (Lipinski definition) is 4. The minimum Gasteiger partial charge on any atom is -0.343 e. The van der Waals surface area contributed by atoms with Gasteiger partial charge in [-0.25, -0.2) is 13.2 Å². The lowest BCUT2D eigenvalue weighted by atomic mass is 10.1. The first-order valence-electron chi connectivity index (χ1n) is 5.21. The van der Waals surface area contributed by atoms with Gasteiger partial charge in [-0.3, -0.25) is 4.79 Å². The Kier molecular flexibility index (Phi) is 3.50. The summed E-state index contributed by atoms with van der Waals surface area (Å²) in [5.74, 6) is -5.33. The molecule has 5 nitrogen and oxygen atoms in total. The zero-order valence-electron chi connectivity index (χ0n) is 9.65. The number of halogens is 3. The number of rotatable bonds is 3. The first-order valence-corrected chi connectivity index (χ1v) is 5.21. The summed E-state index contributed by atoms with van der Waals surface area (Å²) >= 11 is 0. The lowest BCUT2D eigenvalue weighted by Crippen LogP contribution is -2.28. The largest absolute Gasteiger partial charge is 0.343 e. The van der Waals surface area contributed by atoms with Crippen LogP contribution in [-0.2, 0) is 0 Å². The van der Waals surface area contributed by atoms with E-state index in [1.165, 1.54) is 6.92 Å². The van der Waals surface area contributed by atoms with Gasteiger partial charge in [-0.2, -0.15) is 4.98 Å². The van der Waals surface area contributed by atoms with E-state index in [4.69, 9.17) is 0 Å². The third kappa shape index (κ3) is 2.56.